The van der Waals surface area contributed by atoms with E-state index in [1.54, 1.807) is 19.5 Å². The second-order valence-corrected chi connectivity index (χ2v) is 6.82. The maximum Gasteiger partial charge on any atom is 0.163 e. The number of pyridine rings is 3. The van der Waals surface area contributed by atoms with Crippen molar-refractivity contribution in [3.63, 3.8) is 0 Å². The van der Waals surface area contributed by atoms with Gasteiger partial charge in [-0.3, -0.25) is 4.98 Å². The first-order valence-electron chi connectivity index (χ1n) is 9.32. The Morgan fingerprint density at radius 1 is 1.03 bits per heavy atom. The molecule has 1 aliphatic rings. The summed E-state index contributed by atoms with van der Waals surface area (Å²) < 4.78 is 22.8. The SMILES string of the molecule is COc1cc2c(Oc3cc4cccnc4nc3C)ccnc2cc1OCC1CO1. The summed E-state index contributed by atoms with van der Waals surface area (Å²) in [5, 5.41) is 1.74. The van der Waals surface area contributed by atoms with Gasteiger partial charge < -0.3 is 18.9 Å². The molecule has 0 saturated carbocycles. The monoisotopic (exact) mass is 389 g/mol. The second-order valence-electron chi connectivity index (χ2n) is 6.82. The number of hydrogen-bond acceptors (Lipinski definition) is 7. The lowest BCUT2D eigenvalue weighted by Crippen LogP contribution is -2.05. The van der Waals surface area contributed by atoms with Crippen LogP contribution in [0.3, 0.4) is 0 Å². The van der Waals surface area contributed by atoms with Crippen LogP contribution in [0.1, 0.15) is 5.69 Å². The van der Waals surface area contributed by atoms with E-state index < -0.39 is 0 Å². The molecule has 1 unspecified atom stereocenters. The number of epoxide rings is 1. The van der Waals surface area contributed by atoms with Crippen molar-refractivity contribution in [3.8, 4) is 23.0 Å². The predicted octanol–water partition coefficient (Wildman–Crippen LogP) is 4.06. The van der Waals surface area contributed by atoms with Gasteiger partial charge in [0.15, 0.2) is 17.1 Å². The van der Waals surface area contributed by atoms with Gasteiger partial charge in [-0.25, -0.2) is 9.97 Å². The molecule has 3 aromatic heterocycles. The molecule has 7 nitrogen and oxygen atoms in total. The first kappa shape index (κ1) is 17.6. The fraction of sp³-hybridized carbons (Fsp3) is 0.227. The van der Waals surface area contributed by atoms with Crippen LogP contribution in [0.25, 0.3) is 21.9 Å². The topological polar surface area (TPSA) is 78.9 Å². The van der Waals surface area contributed by atoms with Gasteiger partial charge in [-0.2, -0.15) is 0 Å². The molecular weight excluding hydrogens is 370 g/mol. The number of benzene rings is 1. The van der Waals surface area contributed by atoms with Crippen molar-refractivity contribution < 1.29 is 18.9 Å². The molecular formula is C22H19N3O4. The Hall–Kier alpha value is -3.45. The summed E-state index contributed by atoms with van der Waals surface area (Å²) in [5.41, 5.74) is 2.21. The fourth-order valence-corrected chi connectivity index (χ4v) is 3.13. The summed E-state index contributed by atoms with van der Waals surface area (Å²) >= 11 is 0. The molecule has 1 aromatic carbocycles. The van der Waals surface area contributed by atoms with Gasteiger partial charge >= 0.3 is 0 Å². The van der Waals surface area contributed by atoms with Crippen LogP contribution in [0.2, 0.25) is 0 Å². The third-order valence-electron chi connectivity index (χ3n) is 4.77. The number of aryl methyl sites for hydroxylation is 1. The first-order valence-corrected chi connectivity index (χ1v) is 9.32. The Morgan fingerprint density at radius 3 is 2.76 bits per heavy atom. The highest BCUT2D eigenvalue weighted by Gasteiger charge is 2.24. The number of ether oxygens (including phenoxy) is 4. The quantitative estimate of drug-likeness (QED) is 0.460. The van der Waals surface area contributed by atoms with Crippen molar-refractivity contribution in [1.29, 1.82) is 0 Å². The van der Waals surface area contributed by atoms with Gasteiger partial charge in [0.25, 0.3) is 0 Å². The summed E-state index contributed by atoms with van der Waals surface area (Å²) in [6.45, 7) is 3.13. The van der Waals surface area contributed by atoms with Crippen molar-refractivity contribution in [3.05, 3.63) is 54.5 Å². The number of methoxy groups -OCH3 is 1. The molecule has 1 fully saturated rings. The van der Waals surface area contributed by atoms with Crippen LogP contribution >= 0.6 is 0 Å². The number of rotatable bonds is 6. The van der Waals surface area contributed by atoms with Crippen LogP contribution in [-0.4, -0.2) is 41.4 Å². The lowest BCUT2D eigenvalue weighted by molar-refractivity contribution is 0.252. The number of nitrogens with zero attached hydrogens (tertiary/aromatic N) is 3. The molecule has 0 bridgehead atoms. The first-order chi connectivity index (χ1) is 14.2. The van der Waals surface area contributed by atoms with Crippen LogP contribution in [0.4, 0.5) is 0 Å². The predicted molar refractivity (Wildman–Crippen MR) is 108 cm³/mol. The summed E-state index contributed by atoms with van der Waals surface area (Å²) in [6, 6.07) is 11.4. The van der Waals surface area contributed by atoms with E-state index in [-0.39, 0.29) is 6.10 Å². The summed E-state index contributed by atoms with van der Waals surface area (Å²) in [7, 11) is 1.61. The van der Waals surface area contributed by atoms with Gasteiger partial charge in [0.05, 0.1) is 24.9 Å². The zero-order chi connectivity index (χ0) is 19.8. The van der Waals surface area contributed by atoms with E-state index in [4.69, 9.17) is 18.9 Å². The van der Waals surface area contributed by atoms with Crippen molar-refractivity contribution in [2.24, 2.45) is 0 Å². The van der Waals surface area contributed by atoms with E-state index >= 15 is 0 Å². The number of fused-ring (bicyclic) bond motifs is 2. The lowest BCUT2D eigenvalue weighted by atomic mass is 10.1. The molecule has 4 heterocycles. The molecule has 0 spiro atoms. The Bertz CT molecular complexity index is 1210. The average molecular weight is 389 g/mol. The molecule has 0 amide bonds. The van der Waals surface area contributed by atoms with E-state index in [0.29, 0.717) is 35.3 Å². The molecule has 0 N–H and O–H groups in total. The smallest absolute Gasteiger partial charge is 0.163 e. The van der Waals surface area contributed by atoms with Crippen molar-refractivity contribution >= 4 is 21.9 Å². The minimum absolute atomic E-state index is 0.163. The fourth-order valence-electron chi connectivity index (χ4n) is 3.13. The second kappa shape index (κ2) is 7.18. The lowest BCUT2D eigenvalue weighted by Gasteiger charge is -2.14. The van der Waals surface area contributed by atoms with Crippen LogP contribution in [0.5, 0.6) is 23.0 Å². The highest BCUT2D eigenvalue weighted by atomic mass is 16.6. The van der Waals surface area contributed by atoms with E-state index in [1.807, 2.05) is 43.3 Å². The molecule has 0 radical (unpaired) electrons. The molecule has 5 rings (SSSR count). The maximum atomic E-state index is 6.23. The van der Waals surface area contributed by atoms with Crippen LogP contribution in [0.15, 0.2) is 48.8 Å². The Kier molecular flexibility index (Phi) is 4.37. The van der Waals surface area contributed by atoms with Crippen molar-refractivity contribution in [2.75, 3.05) is 20.3 Å². The molecule has 1 atom stereocenters. The maximum absolute atomic E-state index is 6.23. The minimum Gasteiger partial charge on any atom is -0.493 e. The Balaban J connectivity index is 1.53. The molecule has 7 heteroatoms. The molecule has 29 heavy (non-hydrogen) atoms. The van der Waals surface area contributed by atoms with Crippen molar-refractivity contribution in [1.82, 2.24) is 15.0 Å². The van der Waals surface area contributed by atoms with Gasteiger partial charge in [-0.1, -0.05) is 0 Å². The molecule has 4 aromatic rings. The zero-order valence-electron chi connectivity index (χ0n) is 16.1. The average Bonchev–Trinajstić information content (AvgIpc) is 3.57. The van der Waals surface area contributed by atoms with Gasteiger partial charge in [-0.05, 0) is 37.3 Å². The molecule has 1 saturated heterocycles. The largest absolute Gasteiger partial charge is 0.493 e. The van der Waals surface area contributed by atoms with Gasteiger partial charge in [-0.15, -0.1) is 0 Å². The van der Waals surface area contributed by atoms with Gasteiger partial charge in [0.1, 0.15) is 24.2 Å². The third-order valence-corrected chi connectivity index (χ3v) is 4.77. The standard InChI is InChI=1S/C22H19N3O4/c1-13-19(8-14-4-3-6-24-22(14)25-13)29-18-5-7-23-17-10-21(28-12-15-11-27-15)20(26-2)9-16(17)18/h3-10,15H,11-12H2,1-2H3. The van der Waals surface area contributed by atoms with Crippen molar-refractivity contribution in [2.45, 2.75) is 13.0 Å². The minimum atomic E-state index is 0.163. The Labute approximate surface area is 167 Å². The molecule has 0 aliphatic carbocycles. The van der Waals surface area contributed by atoms with E-state index in [2.05, 4.69) is 15.0 Å². The van der Waals surface area contributed by atoms with Crippen LogP contribution < -0.4 is 14.2 Å². The highest BCUT2D eigenvalue weighted by Crippen LogP contribution is 2.38. The molecule has 1 aliphatic heterocycles. The molecule has 146 valence electrons. The summed E-state index contributed by atoms with van der Waals surface area (Å²) in [5.74, 6) is 2.59. The van der Waals surface area contributed by atoms with E-state index in [1.165, 1.54) is 0 Å². The zero-order valence-corrected chi connectivity index (χ0v) is 16.1. The third kappa shape index (κ3) is 3.52. The van der Waals surface area contributed by atoms with E-state index in [0.717, 1.165) is 28.6 Å². The van der Waals surface area contributed by atoms with Gasteiger partial charge in [0.2, 0.25) is 0 Å². The van der Waals surface area contributed by atoms with Gasteiger partial charge in [0, 0.05) is 29.2 Å². The summed E-state index contributed by atoms with van der Waals surface area (Å²) in [4.78, 5) is 13.3. The summed E-state index contributed by atoms with van der Waals surface area (Å²) in [6.07, 6.45) is 3.60. The number of hydrogen-bond donors (Lipinski definition) is 0. The van der Waals surface area contributed by atoms with Crippen LogP contribution in [0, 0.1) is 6.92 Å². The highest BCUT2D eigenvalue weighted by molar-refractivity contribution is 5.88. The van der Waals surface area contributed by atoms with Crippen LogP contribution in [-0.2, 0) is 4.74 Å². The normalized spacial score (nSPS) is 15.4. The van der Waals surface area contributed by atoms with E-state index in [9.17, 15) is 0 Å². The number of aromatic nitrogens is 3. The Morgan fingerprint density at radius 2 is 1.93 bits per heavy atom.